The number of anilines is 2. The summed E-state index contributed by atoms with van der Waals surface area (Å²) in [5.74, 6) is 0. The zero-order valence-corrected chi connectivity index (χ0v) is 12.2. The second-order valence-electron chi connectivity index (χ2n) is 4.42. The quantitative estimate of drug-likeness (QED) is 0.734. The number of benzene rings is 2. The lowest BCUT2D eigenvalue weighted by molar-refractivity contribution is 1.42. The van der Waals surface area contributed by atoms with Gasteiger partial charge in [-0.3, -0.25) is 0 Å². The Balaban J connectivity index is 1.99. The maximum atomic E-state index is 8.93. The van der Waals surface area contributed by atoms with Crippen LogP contribution in [0.1, 0.15) is 11.1 Å². The predicted octanol–water partition coefficient (Wildman–Crippen LogP) is 4.87. The number of rotatable bonds is 2. The maximum Gasteiger partial charge on any atom is 0.188 e. The monoisotopic (exact) mass is 299 g/mol. The molecular weight excluding hydrogens is 290 g/mol. The molecule has 0 aliphatic heterocycles. The number of hydrogen-bond donors (Lipinski definition) is 1. The third kappa shape index (κ3) is 2.46. The number of halogens is 1. The number of fused-ring (bicyclic) bond motifs is 1. The molecule has 3 nitrogen and oxygen atoms in total. The molecule has 3 aromatic rings. The van der Waals surface area contributed by atoms with Gasteiger partial charge in [-0.25, -0.2) is 4.98 Å². The molecule has 0 saturated carbocycles. The van der Waals surface area contributed by atoms with Gasteiger partial charge in [0.25, 0.3) is 0 Å². The van der Waals surface area contributed by atoms with Gasteiger partial charge in [-0.1, -0.05) is 29.0 Å². The fourth-order valence-corrected chi connectivity index (χ4v) is 3.03. The lowest BCUT2D eigenvalue weighted by Crippen LogP contribution is -1.91. The van der Waals surface area contributed by atoms with Crippen LogP contribution >= 0.6 is 22.9 Å². The highest BCUT2D eigenvalue weighted by Crippen LogP contribution is 2.32. The van der Waals surface area contributed by atoms with Crippen LogP contribution in [-0.4, -0.2) is 4.98 Å². The van der Waals surface area contributed by atoms with Crippen molar-refractivity contribution in [2.24, 2.45) is 0 Å². The summed E-state index contributed by atoms with van der Waals surface area (Å²) in [7, 11) is 0. The van der Waals surface area contributed by atoms with Gasteiger partial charge in [0.15, 0.2) is 5.13 Å². The van der Waals surface area contributed by atoms with Gasteiger partial charge in [0.05, 0.1) is 32.6 Å². The summed E-state index contributed by atoms with van der Waals surface area (Å²) in [4.78, 5) is 4.51. The van der Waals surface area contributed by atoms with Crippen LogP contribution in [0.15, 0.2) is 36.4 Å². The van der Waals surface area contributed by atoms with Gasteiger partial charge in [-0.05, 0) is 42.8 Å². The number of hydrogen-bond acceptors (Lipinski definition) is 4. The van der Waals surface area contributed by atoms with Crippen LogP contribution in [-0.2, 0) is 0 Å². The van der Waals surface area contributed by atoms with E-state index in [9.17, 15) is 0 Å². The third-order valence-corrected chi connectivity index (χ3v) is 4.14. The van der Waals surface area contributed by atoms with E-state index in [0.717, 1.165) is 15.3 Å². The molecule has 0 atom stereocenters. The van der Waals surface area contributed by atoms with Crippen molar-refractivity contribution in [3.8, 4) is 6.07 Å². The maximum absolute atomic E-state index is 8.93. The Labute approximate surface area is 125 Å². The molecule has 0 bridgehead atoms. The zero-order valence-electron chi connectivity index (χ0n) is 10.6. The normalized spacial score (nSPS) is 10.4. The van der Waals surface area contributed by atoms with Gasteiger partial charge >= 0.3 is 0 Å². The molecule has 3 rings (SSSR count). The molecule has 0 saturated heterocycles. The van der Waals surface area contributed by atoms with Crippen LogP contribution in [0.3, 0.4) is 0 Å². The summed E-state index contributed by atoms with van der Waals surface area (Å²) in [6.07, 6.45) is 0. The standard InChI is InChI=1S/C15H10ClN3S/c1-9-2-5-12-14(6-9)20-15(18-12)19-13-7-10(8-17)3-4-11(13)16/h2-7H,1H3,(H,18,19). The molecule has 1 aromatic heterocycles. The SMILES string of the molecule is Cc1ccc2nc(Nc3cc(C#N)ccc3Cl)sc2c1. The van der Waals surface area contributed by atoms with Gasteiger partial charge in [-0.15, -0.1) is 0 Å². The Bertz CT molecular complexity index is 833. The molecule has 5 heteroatoms. The minimum atomic E-state index is 0.564. The summed E-state index contributed by atoms with van der Waals surface area (Å²) < 4.78 is 1.13. The van der Waals surface area contributed by atoms with Crippen molar-refractivity contribution in [1.82, 2.24) is 4.98 Å². The van der Waals surface area contributed by atoms with E-state index >= 15 is 0 Å². The fourth-order valence-electron chi connectivity index (χ4n) is 1.89. The van der Waals surface area contributed by atoms with E-state index in [-0.39, 0.29) is 0 Å². The van der Waals surface area contributed by atoms with Crippen LogP contribution in [0.25, 0.3) is 10.2 Å². The first-order valence-electron chi connectivity index (χ1n) is 5.99. The summed E-state index contributed by atoms with van der Waals surface area (Å²) in [5.41, 5.74) is 3.42. The van der Waals surface area contributed by atoms with E-state index in [0.29, 0.717) is 16.3 Å². The van der Waals surface area contributed by atoms with E-state index in [1.807, 2.05) is 12.1 Å². The smallest absolute Gasteiger partial charge is 0.188 e. The third-order valence-electron chi connectivity index (χ3n) is 2.88. The van der Waals surface area contributed by atoms with Crippen molar-refractivity contribution in [2.75, 3.05) is 5.32 Å². The molecule has 0 aliphatic carbocycles. The van der Waals surface area contributed by atoms with E-state index in [2.05, 4.69) is 29.4 Å². The lowest BCUT2D eigenvalue weighted by atomic mass is 10.2. The molecule has 0 unspecified atom stereocenters. The molecule has 20 heavy (non-hydrogen) atoms. The molecule has 1 N–H and O–H groups in total. The highest BCUT2D eigenvalue weighted by atomic mass is 35.5. The van der Waals surface area contributed by atoms with Crippen LogP contribution in [0.4, 0.5) is 10.8 Å². The predicted molar refractivity (Wildman–Crippen MR) is 83.8 cm³/mol. The fraction of sp³-hybridized carbons (Fsp3) is 0.0667. The van der Waals surface area contributed by atoms with Crippen LogP contribution in [0.5, 0.6) is 0 Å². The van der Waals surface area contributed by atoms with E-state index < -0.39 is 0 Å². The minimum absolute atomic E-state index is 0.564. The number of nitrogens with one attached hydrogen (secondary N) is 1. The Hall–Kier alpha value is -2.09. The van der Waals surface area contributed by atoms with Crippen molar-refractivity contribution in [2.45, 2.75) is 6.92 Å². The number of aromatic nitrogens is 1. The first-order valence-corrected chi connectivity index (χ1v) is 7.19. The van der Waals surface area contributed by atoms with Crippen molar-refractivity contribution in [3.05, 3.63) is 52.5 Å². The first kappa shape index (κ1) is 12.9. The summed E-state index contributed by atoms with van der Waals surface area (Å²) in [6.45, 7) is 2.06. The largest absolute Gasteiger partial charge is 0.330 e. The molecule has 0 spiro atoms. The Morgan fingerprint density at radius 2 is 2.10 bits per heavy atom. The lowest BCUT2D eigenvalue weighted by Gasteiger charge is -2.04. The highest BCUT2D eigenvalue weighted by molar-refractivity contribution is 7.22. The van der Waals surface area contributed by atoms with Crippen LogP contribution in [0.2, 0.25) is 5.02 Å². The average Bonchev–Trinajstić information content (AvgIpc) is 2.82. The minimum Gasteiger partial charge on any atom is -0.330 e. The number of nitrogens with zero attached hydrogens (tertiary/aromatic N) is 2. The molecule has 2 aromatic carbocycles. The van der Waals surface area contributed by atoms with Crippen LogP contribution in [0, 0.1) is 18.3 Å². The van der Waals surface area contributed by atoms with Gasteiger partial charge in [0, 0.05) is 0 Å². The second-order valence-corrected chi connectivity index (χ2v) is 5.86. The van der Waals surface area contributed by atoms with Gasteiger partial charge in [-0.2, -0.15) is 5.26 Å². The van der Waals surface area contributed by atoms with Crippen molar-refractivity contribution in [3.63, 3.8) is 0 Å². The summed E-state index contributed by atoms with van der Waals surface area (Å²) >= 11 is 7.70. The summed E-state index contributed by atoms with van der Waals surface area (Å²) in [5, 5.41) is 13.4. The van der Waals surface area contributed by atoms with Gasteiger partial charge < -0.3 is 5.32 Å². The van der Waals surface area contributed by atoms with Crippen LogP contribution < -0.4 is 5.32 Å². The molecule has 0 aliphatic rings. The van der Waals surface area contributed by atoms with E-state index in [1.165, 1.54) is 5.56 Å². The Morgan fingerprint density at radius 1 is 1.25 bits per heavy atom. The van der Waals surface area contributed by atoms with E-state index in [4.69, 9.17) is 16.9 Å². The highest BCUT2D eigenvalue weighted by Gasteiger charge is 2.07. The molecule has 1 heterocycles. The Kier molecular flexibility index (Phi) is 3.31. The summed E-state index contributed by atoms with van der Waals surface area (Å²) in [6, 6.07) is 13.4. The van der Waals surface area contributed by atoms with Crippen molar-refractivity contribution < 1.29 is 0 Å². The molecule has 0 fully saturated rings. The van der Waals surface area contributed by atoms with E-state index in [1.54, 1.807) is 29.5 Å². The average molecular weight is 300 g/mol. The van der Waals surface area contributed by atoms with Gasteiger partial charge in [0.2, 0.25) is 0 Å². The molecule has 98 valence electrons. The topological polar surface area (TPSA) is 48.7 Å². The molecular formula is C15H10ClN3S. The molecule has 0 amide bonds. The first-order chi connectivity index (χ1) is 9.65. The number of thiazole rings is 1. The second kappa shape index (κ2) is 5.12. The molecule has 0 radical (unpaired) electrons. The number of aryl methyl sites for hydroxylation is 1. The zero-order chi connectivity index (χ0) is 14.1. The Morgan fingerprint density at radius 3 is 2.90 bits per heavy atom. The van der Waals surface area contributed by atoms with Crippen molar-refractivity contribution >= 4 is 44.0 Å². The van der Waals surface area contributed by atoms with Gasteiger partial charge in [0.1, 0.15) is 0 Å². The number of nitriles is 1. The van der Waals surface area contributed by atoms with Crippen molar-refractivity contribution in [1.29, 1.82) is 5.26 Å².